The van der Waals surface area contributed by atoms with Gasteiger partial charge in [-0.3, -0.25) is 4.79 Å². The number of para-hydroxylation sites is 2. The third-order valence-electron chi connectivity index (χ3n) is 4.75. The van der Waals surface area contributed by atoms with Gasteiger partial charge in [-0.25, -0.2) is 13.9 Å². The summed E-state index contributed by atoms with van der Waals surface area (Å²) in [5.74, 6) is 0.333. The summed E-state index contributed by atoms with van der Waals surface area (Å²) in [4.78, 5) is 26.8. The van der Waals surface area contributed by atoms with Crippen molar-refractivity contribution < 1.29 is 4.52 Å². The molecule has 3 aromatic carbocycles. The zero-order valence-corrected chi connectivity index (χ0v) is 15.2. The largest absolute Gasteiger partial charge is 0.353 e. The zero-order chi connectivity index (χ0) is 19.8. The Kier molecular flexibility index (Phi) is 3.95. The van der Waals surface area contributed by atoms with E-state index in [0.717, 1.165) is 4.57 Å². The van der Waals surface area contributed by atoms with Gasteiger partial charge in [0.1, 0.15) is 5.39 Å². The molecule has 0 N–H and O–H groups in total. The van der Waals surface area contributed by atoms with Crippen molar-refractivity contribution in [1.29, 1.82) is 0 Å². The van der Waals surface area contributed by atoms with E-state index in [1.54, 1.807) is 36.4 Å². The minimum atomic E-state index is -0.507. The molecule has 5 aromatic rings. The van der Waals surface area contributed by atoms with Gasteiger partial charge in [0.05, 0.1) is 11.4 Å². The Morgan fingerprint density at radius 1 is 0.655 bits per heavy atom. The van der Waals surface area contributed by atoms with Crippen molar-refractivity contribution in [2.75, 3.05) is 0 Å². The lowest BCUT2D eigenvalue weighted by atomic mass is 10.1. The molecule has 6 nitrogen and oxygen atoms in total. The van der Waals surface area contributed by atoms with Crippen LogP contribution in [0.2, 0.25) is 0 Å². The maximum absolute atomic E-state index is 13.4. The minimum Gasteiger partial charge on any atom is -0.353 e. The molecular weight excluding hydrogens is 366 g/mol. The van der Waals surface area contributed by atoms with E-state index in [2.05, 4.69) is 5.16 Å². The number of hydrogen-bond acceptors (Lipinski definition) is 4. The molecule has 0 unspecified atom stereocenters. The lowest BCUT2D eigenvalue weighted by molar-refractivity contribution is 0.437. The quantitative estimate of drug-likeness (QED) is 0.477. The molecule has 29 heavy (non-hydrogen) atoms. The van der Waals surface area contributed by atoms with Crippen molar-refractivity contribution >= 4 is 11.0 Å². The Morgan fingerprint density at radius 2 is 1.17 bits per heavy atom. The topological polar surface area (TPSA) is 70.0 Å². The minimum absolute atomic E-state index is 0.192. The van der Waals surface area contributed by atoms with Gasteiger partial charge in [0, 0.05) is 5.56 Å². The first kappa shape index (κ1) is 16.9. The molecular formula is C23H15N3O3. The number of hydrogen-bond donors (Lipinski definition) is 0. The fourth-order valence-electron chi connectivity index (χ4n) is 3.42. The molecule has 0 spiro atoms. The predicted molar refractivity (Wildman–Crippen MR) is 111 cm³/mol. The smallest absolute Gasteiger partial charge is 0.342 e. The van der Waals surface area contributed by atoms with E-state index in [0.29, 0.717) is 22.7 Å². The highest BCUT2D eigenvalue weighted by atomic mass is 16.5. The van der Waals surface area contributed by atoms with Crippen LogP contribution in [0.15, 0.2) is 105 Å². The van der Waals surface area contributed by atoms with E-state index in [1.807, 2.05) is 54.6 Å². The average Bonchev–Trinajstić information content (AvgIpc) is 3.21. The van der Waals surface area contributed by atoms with Crippen LogP contribution in [0.5, 0.6) is 0 Å². The van der Waals surface area contributed by atoms with Crippen molar-refractivity contribution in [3.05, 3.63) is 112 Å². The highest BCUT2D eigenvalue weighted by Crippen LogP contribution is 2.26. The van der Waals surface area contributed by atoms with Crippen LogP contribution < -0.4 is 11.2 Å². The summed E-state index contributed by atoms with van der Waals surface area (Å²) in [5, 5.41) is 4.36. The summed E-state index contributed by atoms with van der Waals surface area (Å²) in [6.45, 7) is 0. The molecule has 0 aliphatic carbocycles. The van der Waals surface area contributed by atoms with Crippen LogP contribution >= 0.6 is 0 Å². The first-order chi connectivity index (χ1) is 14.3. The molecule has 0 aliphatic heterocycles. The monoisotopic (exact) mass is 381 g/mol. The fraction of sp³-hybridized carbons (Fsp3) is 0. The van der Waals surface area contributed by atoms with E-state index in [9.17, 15) is 9.59 Å². The van der Waals surface area contributed by atoms with Gasteiger partial charge in [0.2, 0.25) is 0 Å². The van der Waals surface area contributed by atoms with Gasteiger partial charge in [-0.1, -0.05) is 71.9 Å². The van der Waals surface area contributed by atoms with Gasteiger partial charge in [0.25, 0.3) is 5.56 Å². The lowest BCUT2D eigenvalue weighted by Gasteiger charge is -2.11. The van der Waals surface area contributed by atoms with Crippen LogP contribution in [-0.2, 0) is 0 Å². The molecule has 0 atom stereocenters. The van der Waals surface area contributed by atoms with Crippen LogP contribution in [-0.4, -0.2) is 14.3 Å². The van der Waals surface area contributed by atoms with Crippen molar-refractivity contribution in [2.24, 2.45) is 0 Å². The van der Waals surface area contributed by atoms with Gasteiger partial charge < -0.3 is 4.52 Å². The lowest BCUT2D eigenvalue weighted by Crippen LogP contribution is -2.38. The van der Waals surface area contributed by atoms with Crippen LogP contribution in [0.25, 0.3) is 33.7 Å². The Morgan fingerprint density at radius 3 is 1.76 bits per heavy atom. The van der Waals surface area contributed by atoms with Gasteiger partial charge in [0.15, 0.2) is 11.4 Å². The van der Waals surface area contributed by atoms with Crippen molar-refractivity contribution in [2.45, 2.75) is 0 Å². The number of aromatic nitrogens is 3. The molecule has 140 valence electrons. The summed E-state index contributed by atoms with van der Waals surface area (Å²) in [6, 6.07) is 27.2. The van der Waals surface area contributed by atoms with Crippen molar-refractivity contribution in [3.8, 4) is 22.7 Å². The summed E-state index contributed by atoms with van der Waals surface area (Å²) in [6.07, 6.45) is 0. The van der Waals surface area contributed by atoms with E-state index >= 15 is 0 Å². The second kappa shape index (κ2) is 6.76. The summed E-state index contributed by atoms with van der Waals surface area (Å²) < 4.78 is 8.12. The molecule has 0 radical (unpaired) electrons. The average molecular weight is 381 g/mol. The number of rotatable bonds is 3. The molecule has 0 saturated heterocycles. The van der Waals surface area contributed by atoms with E-state index in [1.165, 1.54) is 4.57 Å². The summed E-state index contributed by atoms with van der Waals surface area (Å²) >= 11 is 0. The third-order valence-corrected chi connectivity index (χ3v) is 4.75. The maximum atomic E-state index is 13.4. The molecule has 0 bridgehead atoms. The third kappa shape index (κ3) is 2.70. The molecule has 0 amide bonds. The highest BCUT2D eigenvalue weighted by molar-refractivity contribution is 5.89. The molecule has 6 heteroatoms. The Bertz CT molecular complexity index is 1420. The van der Waals surface area contributed by atoms with Crippen molar-refractivity contribution in [3.63, 3.8) is 0 Å². The SMILES string of the molecule is O=c1c2c(-c3ccccc3)onc2n(-c2ccccc2)c(=O)n1-c1ccccc1. The first-order valence-electron chi connectivity index (χ1n) is 9.09. The summed E-state index contributed by atoms with van der Waals surface area (Å²) in [7, 11) is 0. The highest BCUT2D eigenvalue weighted by Gasteiger charge is 2.23. The van der Waals surface area contributed by atoms with Gasteiger partial charge in [-0.2, -0.15) is 0 Å². The van der Waals surface area contributed by atoms with E-state index in [-0.39, 0.29) is 11.0 Å². The Balaban J connectivity index is 1.96. The van der Waals surface area contributed by atoms with Gasteiger partial charge in [-0.05, 0) is 24.3 Å². The maximum Gasteiger partial charge on any atom is 0.342 e. The first-order valence-corrected chi connectivity index (χ1v) is 9.09. The molecule has 0 aliphatic rings. The van der Waals surface area contributed by atoms with Crippen LogP contribution in [0.1, 0.15) is 0 Å². The van der Waals surface area contributed by atoms with Crippen molar-refractivity contribution in [1.82, 2.24) is 14.3 Å². The second-order valence-electron chi connectivity index (χ2n) is 6.51. The zero-order valence-electron chi connectivity index (χ0n) is 15.2. The van der Waals surface area contributed by atoms with E-state index in [4.69, 9.17) is 4.52 Å². The Hall–Kier alpha value is -4.19. The number of benzene rings is 3. The molecule has 5 rings (SSSR count). The van der Waals surface area contributed by atoms with E-state index < -0.39 is 11.2 Å². The molecule has 2 aromatic heterocycles. The summed E-state index contributed by atoms with van der Waals surface area (Å²) in [5.41, 5.74) is 1.01. The second-order valence-corrected chi connectivity index (χ2v) is 6.51. The normalized spacial score (nSPS) is 11.0. The van der Waals surface area contributed by atoms with Crippen LogP contribution in [0, 0.1) is 0 Å². The predicted octanol–water partition coefficient (Wildman–Crippen LogP) is 3.80. The Labute approximate surface area is 164 Å². The van der Waals surface area contributed by atoms with Crippen LogP contribution in [0.3, 0.4) is 0 Å². The molecule has 0 fully saturated rings. The standard InChI is InChI=1S/C23H15N3O3/c27-22-19-20(16-10-4-1-5-11-16)29-24-21(19)25(17-12-6-2-7-13-17)23(28)26(22)18-14-8-3-9-15-18/h1-15H. The molecule has 0 saturated carbocycles. The number of nitrogens with zero attached hydrogens (tertiary/aromatic N) is 3. The van der Waals surface area contributed by atoms with Crippen LogP contribution in [0.4, 0.5) is 0 Å². The number of fused-ring (bicyclic) bond motifs is 1. The van der Waals surface area contributed by atoms with Gasteiger partial charge in [-0.15, -0.1) is 0 Å². The van der Waals surface area contributed by atoms with Gasteiger partial charge >= 0.3 is 5.69 Å². The molecule has 2 heterocycles. The fourth-order valence-corrected chi connectivity index (χ4v) is 3.42.